The monoisotopic (exact) mass is 443 g/mol. The van der Waals surface area contributed by atoms with Crippen LogP contribution in [0.4, 0.5) is 0 Å². The molecule has 0 aliphatic carbocycles. The number of benzene rings is 2. The Morgan fingerprint density at radius 1 is 1.19 bits per heavy atom. The lowest BCUT2D eigenvalue weighted by molar-refractivity contribution is 0.0937. The average Bonchev–Trinajstić information content (AvgIpc) is 3.33. The van der Waals surface area contributed by atoms with E-state index < -0.39 is 10.0 Å². The van der Waals surface area contributed by atoms with Crippen LogP contribution in [0.2, 0.25) is 0 Å². The van der Waals surface area contributed by atoms with Crippen molar-refractivity contribution < 1.29 is 17.9 Å². The summed E-state index contributed by atoms with van der Waals surface area (Å²) in [5, 5.41) is 2.98. The van der Waals surface area contributed by atoms with Gasteiger partial charge in [0.15, 0.2) is 0 Å². The number of nitrogens with zero attached hydrogens (tertiary/aromatic N) is 1. The van der Waals surface area contributed by atoms with E-state index in [9.17, 15) is 13.2 Å². The Morgan fingerprint density at radius 2 is 1.94 bits per heavy atom. The van der Waals surface area contributed by atoms with Crippen molar-refractivity contribution >= 4 is 15.9 Å². The first-order valence-electron chi connectivity index (χ1n) is 10.3. The molecule has 1 amide bonds. The van der Waals surface area contributed by atoms with Crippen LogP contribution in [-0.2, 0) is 10.0 Å². The second kappa shape index (κ2) is 10.6. The van der Waals surface area contributed by atoms with Gasteiger partial charge >= 0.3 is 0 Å². The van der Waals surface area contributed by atoms with E-state index in [1.165, 1.54) is 18.2 Å². The fraction of sp³-hybridized carbons (Fsp3) is 0.348. The first-order valence-corrected chi connectivity index (χ1v) is 11.8. The third-order valence-corrected chi connectivity index (χ3v) is 6.78. The van der Waals surface area contributed by atoms with Crippen LogP contribution < -0.4 is 14.8 Å². The standard InChI is InChI=1S/C23H29N3O4S/c1-3-13-25-31(28,29)19-10-8-9-18(16-19)23(27)24-17-21(26-14-6-7-15-26)20-11-4-5-12-22(20)30-2/h3-5,8-12,16,21,25H,1,6-7,13-15,17H2,2H3,(H,24,27). The zero-order valence-corrected chi connectivity index (χ0v) is 18.5. The number of carbonyl (C=O) groups is 1. The molecule has 1 heterocycles. The maximum atomic E-state index is 12.9. The van der Waals surface area contributed by atoms with Crippen LogP contribution in [0.3, 0.4) is 0 Å². The van der Waals surface area contributed by atoms with Crippen LogP contribution in [-0.4, -0.2) is 52.5 Å². The zero-order chi connectivity index (χ0) is 22.3. The maximum Gasteiger partial charge on any atom is 0.251 e. The van der Waals surface area contributed by atoms with Gasteiger partial charge in [-0.3, -0.25) is 9.69 Å². The molecule has 8 heteroatoms. The van der Waals surface area contributed by atoms with Crippen molar-refractivity contribution in [2.75, 3.05) is 33.3 Å². The van der Waals surface area contributed by atoms with Crippen LogP contribution in [0.1, 0.15) is 34.8 Å². The molecule has 0 aromatic heterocycles. The lowest BCUT2D eigenvalue weighted by atomic mass is 10.0. The number of amides is 1. The largest absolute Gasteiger partial charge is 0.496 e. The number of rotatable bonds is 10. The molecule has 0 saturated carbocycles. The van der Waals surface area contributed by atoms with Crippen molar-refractivity contribution in [1.82, 2.24) is 14.9 Å². The second-order valence-electron chi connectivity index (χ2n) is 7.38. The van der Waals surface area contributed by atoms with E-state index in [4.69, 9.17) is 4.74 Å². The summed E-state index contributed by atoms with van der Waals surface area (Å²) in [5.41, 5.74) is 1.32. The van der Waals surface area contributed by atoms with Gasteiger partial charge in [-0.05, 0) is 50.2 Å². The Labute approximate surface area is 184 Å². The fourth-order valence-electron chi connectivity index (χ4n) is 3.78. The second-order valence-corrected chi connectivity index (χ2v) is 9.15. The first kappa shape index (κ1) is 23.0. The van der Waals surface area contributed by atoms with E-state index in [2.05, 4.69) is 21.5 Å². The van der Waals surface area contributed by atoms with Gasteiger partial charge in [-0.25, -0.2) is 13.1 Å². The molecule has 1 aliphatic rings. The predicted molar refractivity (Wildman–Crippen MR) is 121 cm³/mol. The molecule has 3 rings (SSSR count). The topological polar surface area (TPSA) is 87.7 Å². The molecule has 166 valence electrons. The Bertz CT molecular complexity index is 1020. The number of hydrogen-bond acceptors (Lipinski definition) is 5. The van der Waals surface area contributed by atoms with Crippen LogP contribution >= 0.6 is 0 Å². The quantitative estimate of drug-likeness (QED) is 0.552. The molecule has 2 aromatic rings. The third-order valence-electron chi connectivity index (χ3n) is 5.36. The summed E-state index contributed by atoms with van der Waals surface area (Å²) < 4.78 is 32.7. The fourth-order valence-corrected chi connectivity index (χ4v) is 4.82. The molecule has 1 aliphatic heterocycles. The van der Waals surface area contributed by atoms with Gasteiger partial charge in [-0.1, -0.05) is 30.3 Å². The minimum absolute atomic E-state index is 0.0243. The van der Waals surface area contributed by atoms with Crippen molar-refractivity contribution in [2.45, 2.75) is 23.8 Å². The van der Waals surface area contributed by atoms with Gasteiger partial charge in [-0.2, -0.15) is 0 Å². The number of ether oxygens (including phenoxy) is 1. The van der Waals surface area contributed by atoms with E-state index in [-0.39, 0.29) is 23.4 Å². The van der Waals surface area contributed by atoms with E-state index in [0.717, 1.165) is 37.2 Å². The average molecular weight is 444 g/mol. The lowest BCUT2D eigenvalue weighted by Gasteiger charge is -2.29. The zero-order valence-electron chi connectivity index (χ0n) is 17.7. The minimum atomic E-state index is -3.70. The molecule has 0 radical (unpaired) electrons. The van der Waals surface area contributed by atoms with Crippen LogP contribution in [0, 0.1) is 0 Å². The van der Waals surface area contributed by atoms with Gasteiger partial charge in [0, 0.05) is 24.2 Å². The summed E-state index contributed by atoms with van der Waals surface area (Å²) in [5.74, 6) is 0.467. The van der Waals surface area contributed by atoms with Crippen molar-refractivity contribution in [3.05, 3.63) is 72.3 Å². The molecule has 31 heavy (non-hydrogen) atoms. The molecule has 1 unspecified atom stereocenters. The normalized spacial score (nSPS) is 15.4. The highest BCUT2D eigenvalue weighted by atomic mass is 32.2. The SMILES string of the molecule is C=CCNS(=O)(=O)c1cccc(C(=O)NCC(c2ccccc2OC)N2CCCC2)c1. The third kappa shape index (κ3) is 5.72. The van der Waals surface area contributed by atoms with E-state index in [0.29, 0.717) is 12.1 Å². The lowest BCUT2D eigenvalue weighted by Crippen LogP contribution is -2.37. The van der Waals surface area contributed by atoms with Gasteiger partial charge in [0.25, 0.3) is 5.91 Å². The number of methoxy groups -OCH3 is 1. The molecule has 7 nitrogen and oxygen atoms in total. The molecule has 2 N–H and O–H groups in total. The molecule has 1 saturated heterocycles. The number of sulfonamides is 1. The minimum Gasteiger partial charge on any atom is -0.496 e. The predicted octanol–water partition coefficient (Wildman–Crippen LogP) is 2.73. The number of nitrogens with one attached hydrogen (secondary N) is 2. The van der Waals surface area contributed by atoms with E-state index >= 15 is 0 Å². The molecule has 1 atom stereocenters. The highest BCUT2D eigenvalue weighted by molar-refractivity contribution is 7.89. The van der Waals surface area contributed by atoms with E-state index in [1.54, 1.807) is 19.2 Å². The van der Waals surface area contributed by atoms with Crippen LogP contribution in [0.25, 0.3) is 0 Å². The van der Waals surface area contributed by atoms with Crippen molar-refractivity contribution in [1.29, 1.82) is 0 Å². The summed E-state index contributed by atoms with van der Waals surface area (Å²) in [4.78, 5) is 15.2. The summed E-state index contributed by atoms with van der Waals surface area (Å²) in [6.07, 6.45) is 3.71. The Kier molecular flexibility index (Phi) is 7.84. The molecular weight excluding hydrogens is 414 g/mol. The summed E-state index contributed by atoms with van der Waals surface area (Å²) in [6.45, 7) is 5.94. The molecule has 0 spiro atoms. The summed E-state index contributed by atoms with van der Waals surface area (Å²) in [7, 11) is -2.06. The summed E-state index contributed by atoms with van der Waals surface area (Å²) in [6, 6.07) is 13.8. The van der Waals surface area contributed by atoms with Gasteiger partial charge in [-0.15, -0.1) is 6.58 Å². The Balaban J connectivity index is 1.77. The van der Waals surface area contributed by atoms with Crippen molar-refractivity contribution in [3.63, 3.8) is 0 Å². The smallest absolute Gasteiger partial charge is 0.251 e. The molecule has 0 bridgehead atoms. The van der Waals surface area contributed by atoms with E-state index in [1.807, 2.05) is 24.3 Å². The molecule has 2 aromatic carbocycles. The maximum absolute atomic E-state index is 12.9. The Morgan fingerprint density at radius 3 is 2.65 bits per heavy atom. The number of para-hydroxylation sites is 1. The highest BCUT2D eigenvalue weighted by Crippen LogP contribution is 2.31. The molecule has 1 fully saturated rings. The molecular formula is C23H29N3O4S. The first-order chi connectivity index (χ1) is 15.0. The number of carbonyl (C=O) groups excluding carboxylic acids is 1. The van der Waals surface area contributed by atoms with Gasteiger partial charge < -0.3 is 10.1 Å². The number of likely N-dealkylation sites (tertiary alicyclic amines) is 1. The highest BCUT2D eigenvalue weighted by Gasteiger charge is 2.26. The van der Waals surface area contributed by atoms with Gasteiger partial charge in [0.05, 0.1) is 18.0 Å². The summed E-state index contributed by atoms with van der Waals surface area (Å²) >= 11 is 0. The van der Waals surface area contributed by atoms with Crippen molar-refractivity contribution in [3.8, 4) is 5.75 Å². The van der Waals surface area contributed by atoms with Crippen LogP contribution in [0.5, 0.6) is 5.75 Å². The van der Waals surface area contributed by atoms with Crippen molar-refractivity contribution in [2.24, 2.45) is 0 Å². The van der Waals surface area contributed by atoms with Crippen LogP contribution in [0.15, 0.2) is 66.1 Å². The van der Waals surface area contributed by atoms with Gasteiger partial charge in [0.1, 0.15) is 5.75 Å². The number of hydrogen-bond donors (Lipinski definition) is 2. The van der Waals surface area contributed by atoms with Gasteiger partial charge in [0.2, 0.25) is 10.0 Å². The Hall–Kier alpha value is -2.68.